The van der Waals surface area contributed by atoms with Crippen LogP contribution in [-0.4, -0.2) is 29.9 Å². The second kappa shape index (κ2) is 6.95. The van der Waals surface area contributed by atoms with Crippen LogP contribution in [0, 0.1) is 0 Å². The molecule has 5 aromatic rings. The van der Waals surface area contributed by atoms with Crippen molar-refractivity contribution in [1.29, 1.82) is 0 Å². The lowest BCUT2D eigenvalue weighted by molar-refractivity contribution is 0.0972. The maximum atomic E-state index is 13.4. The highest BCUT2D eigenvalue weighted by atomic mass is 32.1. The van der Waals surface area contributed by atoms with Gasteiger partial charge in [-0.1, -0.05) is 30.3 Å². The van der Waals surface area contributed by atoms with E-state index in [0.717, 1.165) is 35.0 Å². The van der Waals surface area contributed by atoms with Crippen LogP contribution in [0.25, 0.3) is 27.3 Å². The summed E-state index contributed by atoms with van der Waals surface area (Å²) < 4.78 is 2.90. The Morgan fingerprint density at radius 3 is 2.77 bits per heavy atom. The van der Waals surface area contributed by atoms with Gasteiger partial charge in [-0.05, 0) is 37.0 Å². The highest BCUT2D eigenvalue weighted by Crippen LogP contribution is 2.38. The van der Waals surface area contributed by atoms with E-state index < -0.39 is 0 Å². The van der Waals surface area contributed by atoms with Gasteiger partial charge in [0, 0.05) is 28.4 Å². The lowest BCUT2D eigenvalue weighted by Gasteiger charge is -2.08. The number of benzene rings is 1. The molecule has 1 aliphatic rings. The molecule has 6 rings (SSSR count). The molecule has 152 valence electrons. The zero-order chi connectivity index (χ0) is 20.9. The van der Waals surface area contributed by atoms with E-state index in [9.17, 15) is 9.59 Å². The second-order valence-electron chi connectivity index (χ2n) is 7.61. The van der Waals surface area contributed by atoms with Crippen molar-refractivity contribution in [2.75, 3.05) is 0 Å². The predicted molar refractivity (Wildman–Crippen MR) is 119 cm³/mol. The zero-order valence-corrected chi connectivity index (χ0v) is 17.3. The Hall–Kier alpha value is -3.65. The van der Waals surface area contributed by atoms with E-state index in [0.29, 0.717) is 17.0 Å². The van der Waals surface area contributed by atoms with E-state index >= 15 is 0 Å². The highest BCUT2D eigenvalue weighted by molar-refractivity contribution is 7.19. The van der Waals surface area contributed by atoms with Gasteiger partial charge in [0.25, 0.3) is 0 Å². The molecule has 31 heavy (non-hydrogen) atoms. The van der Waals surface area contributed by atoms with Gasteiger partial charge in [0.15, 0.2) is 17.3 Å². The minimum atomic E-state index is -0.352. The molecule has 0 atom stereocenters. The van der Waals surface area contributed by atoms with Crippen LogP contribution in [0.15, 0.2) is 59.7 Å². The molecule has 1 aromatic carbocycles. The molecular formula is C23H17N5O2S. The number of thiophene rings is 1. The molecule has 0 radical (unpaired) electrons. The zero-order valence-electron chi connectivity index (χ0n) is 16.5. The molecule has 4 aromatic heterocycles. The lowest BCUT2D eigenvalue weighted by atomic mass is 10.1. The fraction of sp³-hybridized carbons (Fsp3) is 0.174. The van der Waals surface area contributed by atoms with Gasteiger partial charge in [-0.3, -0.25) is 14.3 Å². The normalized spacial score (nSPS) is 13.2. The standard InChI is InChI=1S/C23H17N5O2S/c29-17(14-6-2-1-3-7-14)13-27-22-19(16-9-4-10-18(16)31-22)21-25-20(26-28(21)23(27)30)15-8-5-11-24-12-15/h1-3,5-8,11-12H,4,9-10,13H2. The monoisotopic (exact) mass is 427 g/mol. The summed E-state index contributed by atoms with van der Waals surface area (Å²) in [4.78, 5) is 37.3. The number of hydrogen-bond donors (Lipinski definition) is 0. The van der Waals surface area contributed by atoms with Gasteiger partial charge in [0.1, 0.15) is 4.83 Å². The Balaban J connectivity index is 1.60. The van der Waals surface area contributed by atoms with Gasteiger partial charge >= 0.3 is 5.69 Å². The third-order valence-electron chi connectivity index (χ3n) is 5.71. The van der Waals surface area contributed by atoms with Crippen LogP contribution in [0.2, 0.25) is 0 Å². The molecule has 0 spiro atoms. The molecule has 7 nitrogen and oxygen atoms in total. The average molecular weight is 427 g/mol. The van der Waals surface area contributed by atoms with Crippen molar-refractivity contribution in [3.05, 3.63) is 81.3 Å². The number of nitrogens with zero attached hydrogens (tertiary/aromatic N) is 5. The number of Topliss-reactive ketones (excluding diaryl/α,β-unsaturated/α-hetero) is 1. The molecule has 0 N–H and O–H groups in total. The third-order valence-corrected chi connectivity index (χ3v) is 7.02. The number of aromatic nitrogens is 5. The van der Waals surface area contributed by atoms with Crippen molar-refractivity contribution in [2.24, 2.45) is 0 Å². The van der Waals surface area contributed by atoms with Crippen LogP contribution in [-0.2, 0) is 19.4 Å². The number of rotatable bonds is 4. The topological polar surface area (TPSA) is 82.2 Å². The summed E-state index contributed by atoms with van der Waals surface area (Å²) in [5.41, 5.74) is 2.77. The van der Waals surface area contributed by atoms with Crippen LogP contribution in [0.4, 0.5) is 0 Å². The number of hydrogen-bond acceptors (Lipinski definition) is 6. The van der Waals surface area contributed by atoms with Crippen molar-refractivity contribution in [3.63, 3.8) is 0 Å². The van der Waals surface area contributed by atoms with Crippen molar-refractivity contribution < 1.29 is 4.79 Å². The summed E-state index contributed by atoms with van der Waals surface area (Å²) in [5.74, 6) is 0.348. The van der Waals surface area contributed by atoms with Crippen molar-refractivity contribution in [1.82, 2.24) is 24.1 Å². The summed E-state index contributed by atoms with van der Waals surface area (Å²) in [6, 6.07) is 12.7. The molecule has 0 fully saturated rings. The van der Waals surface area contributed by atoms with Crippen LogP contribution in [0.1, 0.15) is 27.2 Å². The molecule has 0 saturated carbocycles. The Kier molecular flexibility index (Phi) is 4.07. The smallest absolute Gasteiger partial charge is 0.292 e. The summed E-state index contributed by atoms with van der Waals surface area (Å²) in [6.07, 6.45) is 6.40. The maximum Gasteiger partial charge on any atom is 0.352 e. The molecule has 0 unspecified atom stereocenters. The average Bonchev–Trinajstić information content (AvgIpc) is 3.52. The summed E-state index contributed by atoms with van der Waals surface area (Å²) in [6.45, 7) is -0.0310. The molecule has 8 heteroatoms. The first kappa shape index (κ1) is 18.1. The van der Waals surface area contributed by atoms with Gasteiger partial charge in [-0.25, -0.2) is 9.78 Å². The summed E-state index contributed by atoms with van der Waals surface area (Å²) >= 11 is 1.60. The van der Waals surface area contributed by atoms with Crippen molar-refractivity contribution in [3.8, 4) is 11.4 Å². The Morgan fingerprint density at radius 2 is 1.97 bits per heavy atom. The fourth-order valence-electron chi connectivity index (χ4n) is 4.23. The first-order chi connectivity index (χ1) is 15.2. The number of aryl methyl sites for hydroxylation is 2. The van der Waals surface area contributed by atoms with Crippen LogP contribution in [0.5, 0.6) is 0 Å². The number of ketones is 1. The molecule has 0 bridgehead atoms. The predicted octanol–water partition coefficient (Wildman–Crippen LogP) is 3.54. The second-order valence-corrected chi connectivity index (χ2v) is 8.69. The van der Waals surface area contributed by atoms with Gasteiger partial charge in [-0.15, -0.1) is 16.4 Å². The molecule has 4 heterocycles. The van der Waals surface area contributed by atoms with E-state index in [4.69, 9.17) is 4.98 Å². The fourth-order valence-corrected chi connectivity index (χ4v) is 5.61. The largest absolute Gasteiger partial charge is 0.352 e. The van der Waals surface area contributed by atoms with E-state index in [-0.39, 0.29) is 18.0 Å². The Labute approximate surface area is 180 Å². The van der Waals surface area contributed by atoms with Crippen LogP contribution >= 0.6 is 11.3 Å². The highest BCUT2D eigenvalue weighted by Gasteiger charge is 2.26. The van der Waals surface area contributed by atoms with E-state index in [1.54, 1.807) is 40.4 Å². The Morgan fingerprint density at radius 1 is 1.10 bits per heavy atom. The summed E-state index contributed by atoms with van der Waals surface area (Å²) in [7, 11) is 0. The first-order valence-electron chi connectivity index (χ1n) is 10.1. The number of carbonyl (C=O) groups excluding carboxylic acids is 1. The number of pyridine rings is 1. The number of fused-ring (bicyclic) bond motifs is 5. The Bertz CT molecular complexity index is 1520. The van der Waals surface area contributed by atoms with Gasteiger partial charge < -0.3 is 0 Å². The third kappa shape index (κ3) is 2.83. The van der Waals surface area contributed by atoms with Gasteiger partial charge in [-0.2, -0.15) is 4.52 Å². The molecule has 0 saturated heterocycles. The minimum Gasteiger partial charge on any atom is -0.292 e. The SMILES string of the molecule is O=C(Cn1c(=O)n2nc(-c3cccnc3)nc2c2c3c(sc21)CCC3)c1ccccc1. The molecule has 0 aliphatic heterocycles. The van der Waals surface area contributed by atoms with E-state index in [1.807, 2.05) is 30.3 Å². The van der Waals surface area contributed by atoms with Gasteiger partial charge in [0.2, 0.25) is 0 Å². The summed E-state index contributed by atoms with van der Waals surface area (Å²) in [5, 5.41) is 5.45. The quantitative estimate of drug-likeness (QED) is 0.410. The van der Waals surface area contributed by atoms with Crippen LogP contribution in [0.3, 0.4) is 0 Å². The van der Waals surface area contributed by atoms with E-state index in [1.165, 1.54) is 15.0 Å². The van der Waals surface area contributed by atoms with E-state index in [2.05, 4.69) is 10.1 Å². The van der Waals surface area contributed by atoms with Gasteiger partial charge in [0.05, 0.1) is 11.9 Å². The van der Waals surface area contributed by atoms with Crippen molar-refractivity contribution >= 4 is 33.0 Å². The first-order valence-corrected chi connectivity index (χ1v) is 10.9. The van der Waals surface area contributed by atoms with Crippen molar-refractivity contribution in [2.45, 2.75) is 25.8 Å². The minimum absolute atomic E-state index is 0.0310. The lowest BCUT2D eigenvalue weighted by Crippen LogP contribution is -2.30. The molecular weight excluding hydrogens is 410 g/mol. The maximum absolute atomic E-state index is 13.4. The molecule has 0 amide bonds. The van der Waals surface area contributed by atoms with Crippen LogP contribution < -0.4 is 5.69 Å². The number of carbonyl (C=O) groups is 1. The molecule has 1 aliphatic carbocycles.